The summed E-state index contributed by atoms with van der Waals surface area (Å²) in [4.78, 5) is 4.84. The highest BCUT2D eigenvalue weighted by atomic mass is 19.1. The maximum Gasteiger partial charge on any atom is 0.203 e. The molecule has 5 nitrogen and oxygen atoms in total. The second-order valence-corrected chi connectivity index (χ2v) is 8.05. The van der Waals surface area contributed by atoms with Crippen LogP contribution < -0.4 is 14.2 Å². The van der Waals surface area contributed by atoms with Crippen LogP contribution in [0.2, 0.25) is 0 Å². The van der Waals surface area contributed by atoms with Crippen molar-refractivity contribution in [3.8, 4) is 17.2 Å². The Bertz CT molecular complexity index is 875. The van der Waals surface area contributed by atoms with Crippen molar-refractivity contribution in [2.24, 2.45) is 11.8 Å². The van der Waals surface area contributed by atoms with E-state index in [1.165, 1.54) is 6.07 Å². The normalized spacial score (nSPS) is 24.5. The molecule has 29 heavy (non-hydrogen) atoms. The molecule has 6 heteroatoms. The van der Waals surface area contributed by atoms with E-state index in [-0.39, 0.29) is 11.9 Å². The minimum Gasteiger partial charge on any atom is -0.493 e. The highest BCUT2D eigenvalue weighted by Gasteiger charge is 2.46. The van der Waals surface area contributed by atoms with Gasteiger partial charge in [0, 0.05) is 37.8 Å². The van der Waals surface area contributed by atoms with Crippen LogP contribution in [0.15, 0.2) is 36.4 Å². The highest BCUT2D eigenvalue weighted by Crippen LogP contribution is 2.45. The van der Waals surface area contributed by atoms with Crippen LogP contribution in [0.4, 0.5) is 4.39 Å². The number of methoxy groups -OCH3 is 3. The molecule has 3 atom stereocenters. The van der Waals surface area contributed by atoms with Gasteiger partial charge >= 0.3 is 0 Å². The van der Waals surface area contributed by atoms with Crippen LogP contribution in [-0.2, 0) is 6.54 Å². The lowest BCUT2D eigenvalue weighted by Gasteiger charge is -2.27. The molecule has 0 bridgehead atoms. The van der Waals surface area contributed by atoms with Crippen molar-refractivity contribution < 1.29 is 18.6 Å². The molecule has 4 rings (SSSR count). The van der Waals surface area contributed by atoms with Gasteiger partial charge in [-0.25, -0.2) is 4.39 Å². The molecule has 2 aliphatic rings. The Morgan fingerprint density at radius 3 is 2.45 bits per heavy atom. The van der Waals surface area contributed by atoms with Gasteiger partial charge in [0.1, 0.15) is 5.82 Å². The molecule has 2 saturated heterocycles. The van der Waals surface area contributed by atoms with Gasteiger partial charge in [-0.15, -0.1) is 0 Å². The third kappa shape index (κ3) is 3.67. The monoisotopic (exact) mass is 400 g/mol. The van der Waals surface area contributed by atoms with Crippen LogP contribution >= 0.6 is 0 Å². The van der Waals surface area contributed by atoms with Crippen LogP contribution in [0.1, 0.15) is 17.2 Å². The van der Waals surface area contributed by atoms with Gasteiger partial charge in [-0.3, -0.25) is 9.80 Å². The number of benzene rings is 2. The molecule has 0 unspecified atom stereocenters. The van der Waals surface area contributed by atoms with E-state index in [2.05, 4.69) is 16.8 Å². The zero-order valence-electron chi connectivity index (χ0n) is 17.5. The average Bonchev–Trinajstić information content (AvgIpc) is 3.22. The predicted molar refractivity (Wildman–Crippen MR) is 110 cm³/mol. The summed E-state index contributed by atoms with van der Waals surface area (Å²) >= 11 is 0. The molecular weight excluding hydrogens is 371 g/mol. The topological polar surface area (TPSA) is 34.2 Å². The Morgan fingerprint density at radius 1 is 0.966 bits per heavy atom. The number of rotatable bonds is 6. The first kappa shape index (κ1) is 20.0. The van der Waals surface area contributed by atoms with Gasteiger partial charge in [-0.1, -0.05) is 18.2 Å². The third-order valence-corrected chi connectivity index (χ3v) is 6.34. The molecule has 0 radical (unpaired) electrons. The molecule has 2 aromatic carbocycles. The van der Waals surface area contributed by atoms with Gasteiger partial charge in [0.15, 0.2) is 11.5 Å². The summed E-state index contributed by atoms with van der Waals surface area (Å²) in [5, 5.41) is 0. The van der Waals surface area contributed by atoms with E-state index >= 15 is 0 Å². The Labute approximate surface area is 172 Å². The molecule has 0 N–H and O–H groups in total. The summed E-state index contributed by atoms with van der Waals surface area (Å²) in [5.41, 5.74) is 2.16. The van der Waals surface area contributed by atoms with Crippen molar-refractivity contribution in [3.63, 3.8) is 0 Å². The number of fused-ring (bicyclic) bond motifs is 1. The van der Waals surface area contributed by atoms with E-state index in [1.54, 1.807) is 27.4 Å². The van der Waals surface area contributed by atoms with Crippen molar-refractivity contribution in [3.05, 3.63) is 53.3 Å². The van der Waals surface area contributed by atoms with E-state index in [0.717, 1.165) is 43.1 Å². The Morgan fingerprint density at radius 2 is 1.76 bits per heavy atom. The van der Waals surface area contributed by atoms with E-state index in [0.29, 0.717) is 23.3 Å². The van der Waals surface area contributed by atoms with Gasteiger partial charge in [0.05, 0.1) is 21.3 Å². The summed E-state index contributed by atoms with van der Waals surface area (Å²) in [6.07, 6.45) is 0. The van der Waals surface area contributed by atoms with E-state index in [4.69, 9.17) is 14.2 Å². The van der Waals surface area contributed by atoms with Crippen LogP contribution in [-0.4, -0.2) is 57.8 Å². The molecule has 0 spiro atoms. The summed E-state index contributed by atoms with van der Waals surface area (Å²) < 4.78 is 30.4. The Balaban J connectivity index is 1.54. The van der Waals surface area contributed by atoms with Crippen molar-refractivity contribution in [1.82, 2.24) is 9.80 Å². The first-order valence-corrected chi connectivity index (χ1v) is 10.0. The fourth-order valence-corrected chi connectivity index (χ4v) is 5.20. The predicted octanol–water partition coefficient (Wildman–Crippen LogP) is 3.59. The number of hydrogen-bond acceptors (Lipinski definition) is 5. The number of halogens is 1. The van der Waals surface area contributed by atoms with Gasteiger partial charge < -0.3 is 14.2 Å². The molecule has 0 amide bonds. The maximum atomic E-state index is 13.8. The lowest BCUT2D eigenvalue weighted by atomic mass is 9.89. The van der Waals surface area contributed by atoms with Crippen LogP contribution in [0.5, 0.6) is 17.2 Å². The molecule has 0 saturated carbocycles. The van der Waals surface area contributed by atoms with Gasteiger partial charge in [-0.2, -0.15) is 0 Å². The van der Waals surface area contributed by atoms with Crippen molar-refractivity contribution >= 4 is 0 Å². The van der Waals surface area contributed by atoms with Crippen LogP contribution in [0.25, 0.3) is 0 Å². The molecule has 0 aliphatic carbocycles. The summed E-state index contributed by atoms with van der Waals surface area (Å²) in [6, 6.07) is 11.3. The number of ether oxygens (including phenoxy) is 3. The number of hydrogen-bond donors (Lipinski definition) is 0. The largest absolute Gasteiger partial charge is 0.493 e. The number of likely N-dealkylation sites (tertiary alicyclic amines) is 2. The SMILES string of the molecule is COc1ccc(CN2C[C@@H]3CN(C)[C@@H](c4cccc(F)c4)[C@@H]3C2)c(OC)c1OC. The first-order chi connectivity index (χ1) is 14.0. The Kier molecular flexibility index (Phi) is 5.65. The Hall–Kier alpha value is -2.31. The summed E-state index contributed by atoms with van der Waals surface area (Å²) in [7, 11) is 7.07. The van der Waals surface area contributed by atoms with Crippen molar-refractivity contribution in [2.45, 2.75) is 12.6 Å². The van der Waals surface area contributed by atoms with E-state index in [9.17, 15) is 4.39 Å². The lowest BCUT2D eigenvalue weighted by Crippen LogP contribution is -2.29. The second-order valence-electron chi connectivity index (χ2n) is 8.05. The number of nitrogens with zero attached hydrogens (tertiary/aromatic N) is 2. The molecular formula is C23H29FN2O3. The lowest BCUT2D eigenvalue weighted by molar-refractivity contribution is 0.222. The molecule has 2 heterocycles. The van der Waals surface area contributed by atoms with E-state index in [1.807, 2.05) is 24.3 Å². The molecule has 2 aliphatic heterocycles. The van der Waals surface area contributed by atoms with Crippen LogP contribution in [0, 0.1) is 17.7 Å². The third-order valence-electron chi connectivity index (χ3n) is 6.34. The van der Waals surface area contributed by atoms with Gasteiger partial charge in [0.2, 0.25) is 5.75 Å². The van der Waals surface area contributed by atoms with Crippen LogP contribution in [0.3, 0.4) is 0 Å². The summed E-state index contributed by atoms with van der Waals surface area (Å²) in [5.74, 6) is 2.93. The molecule has 2 aromatic rings. The fraction of sp³-hybridized carbons (Fsp3) is 0.478. The summed E-state index contributed by atoms with van der Waals surface area (Å²) in [6.45, 7) is 3.83. The molecule has 0 aromatic heterocycles. The average molecular weight is 400 g/mol. The zero-order chi connectivity index (χ0) is 20.5. The molecule has 156 valence electrons. The second kappa shape index (κ2) is 8.20. The van der Waals surface area contributed by atoms with Gasteiger partial charge in [-0.05, 0) is 42.6 Å². The van der Waals surface area contributed by atoms with Gasteiger partial charge in [0.25, 0.3) is 0 Å². The van der Waals surface area contributed by atoms with Crippen molar-refractivity contribution in [2.75, 3.05) is 48.0 Å². The minimum atomic E-state index is -0.163. The zero-order valence-corrected chi connectivity index (χ0v) is 17.5. The smallest absolute Gasteiger partial charge is 0.203 e. The van der Waals surface area contributed by atoms with Crippen molar-refractivity contribution in [1.29, 1.82) is 0 Å². The fourth-order valence-electron chi connectivity index (χ4n) is 5.20. The van der Waals surface area contributed by atoms with E-state index < -0.39 is 0 Å². The first-order valence-electron chi connectivity index (χ1n) is 10.0. The minimum absolute atomic E-state index is 0.163. The standard InChI is InChI=1S/C23H29FN2O3/c1-25-11-17-13-26(14-19(17)21(25)15-6-5-7-18(24)10-15)12-16-8-9-20(27-2)23(29-4)22(16)28-3/h5-10,17,19,21H,11-14H2,1-4H3/t17-,19+,21-/m0/s1. The maximum absolute atomic E-state index is 13.8. The molecule has 2 fully saturated rings. The quantitative estimate of drug-likeness (QED) is 0.740. The highest BCUT2D eigenvalue weighted by molar-refractivity contribution is 5.55.